The molecule has 0 aliphatic heterocycles. The van der Waals surface area contributed by atoms with Gasteiger partial charge in [-0.15, -0.1) is 0 Å². The second-order valence-electron chi connectivity index (χ2n) is 8.21. The van der Waals surface area contributed by atoms with Gasteiger partial charge < -0.3 is 15.0 Å². The van der Waals surface area contributed by atoms with E-state index >= 15 is 0 Å². The van der Waals surface area contributed by atoms with Crippen molar-refractivity contribution in [3.63, 3.8) is 0 Å². The first kappa shape index (κ1) is 25.0. The highest BCUT2D eigenvalue weighted by molar-refractivity contribution is 5.88. The number of ether oxygens (including phenoxy) is 1. The van der Waals surface area contributed by atoms with E-state index in [1.807, 2.05) is 56.3 Å². The lowest BCUT2D eigenvalue weighted by Gasteiger charge is -2.31. The molecule has 0 fully saturated rings. The summed E-state index contributed by atoms with van der Waals surface area (Å²) in [4.78, 5) is 28.0. The summed E-state index contributed by atoms with van der Waals surface area (Å²) in [6.45, 7) is 4.12. The quantitative estimate of drug-likeness (QED) is 0.450. The standard InChI is InChI=1S/C28H31FN2O3/c1-3-17-30-28(33)26(18-22-9-5-4-6-10-22)31(19-23-11-7-8-12-25(23)29)27(32)20-34-24-15-13-21(2)14-16-24/h4-16,26H,3,17-20H2,1-2H3,(H,30,33)/t26-/m0/s1. The minimum Gasteiger partial charge on any atom is -0.484 e. The van der Waals surface area contributed by atoms with Gasteiger partial charge in [0.1, 0.15) is 17.6 Å². The summed E-state index contributed by atoms with van der Waals surface area (Å²) in [7, 11) is 0. The van der Waals surface area contributed by atoms with Gasteiger partial charge in [0.2, 0.25) is 5.91 Å². The summed E-state index contributed by atoms with van der Waals surface area (Å²) in [6, 6.07) is 22.3. The second kappa shape index (κ2) is 12.5. The largest absolute Gasteiger partial charge is 0.484 e. The lowest BCUT2D eigenvalue weighted by atomic mass is 10.0. The Morgan fingerprint density at radius 1 is 0.971 bits per heavy atom. The highest BCUT2D eigenvalue weighted by atomic mass is 19.1. The number of halogens is 1. The van der Waals surface area contributed by atoms with Crippen LogP contribution in [0.2, 0.25) is 0 Å². The van der Waals surface area contributed by atoms with Gasteiger partial charge >= 0.3 is 0 Å². The minimum atomic E-state index is -0.817. The molecule has 34 heavy (non-hydrogen) atoms. The Bertz CT molecular complexity index is 1070. The van der Waals surface area contributed by atoms with Crippen molar-refractivity contribution < 1.29 is 18.7 Å². The van der Waals surface area contributed by atoms with Crippen molar-refractivity contribution in [1.82, 2.24) is 10.2 Å². The van der Waals surface area contributed by atoms with E-state index in [9.17, 15) is 14.0 Å². The number of amides is 2. The maximum Gasteiger partial charge on any atom is 0.261 e. The van der Waals surface area contributed by atoms with Crippen LogP contribution >= 0.6 is 0 Å². The van der Waals surface area contributed by atoms with Crippen LogP contribution in [0.1, 0.15) is 30.0 Å². The zero-order valence-corrected chi connectivity index (χ0v) is 19.7. The summed E-state index contributed by atoms with van der Waals surface area (Å²) in [6.07, 6.45) is 1.07. The molecule has 0 aromatic heterocycles. The third-order valence-electron chi connectivity index (χ3n) is 5.50. The van der Waals surface area contributed by atoms with Gasteiger partial charge in [0.15, 0.2) is 6.61 Å². The fourth-order valence-electron chi connectivity index (χ4n) is 3.59. The molecular weight excluding hydrogens is 431 g/mol. The van der Waals surface area contributed by atoms with Crippen LogP contribution < -0.4 is 10.1 Å². The predicted octanol–water partition coefficient (Wildman–Crippen LogP) is 4.68. The number of nitrogens with zero attached hydrogens (tertiary/aromatic N) is 1. The summed E-state index contributed by atoms with van der Waals surface area (Å²) in [5, 5.41) is 2.90. The molecule has 3 aromatic carbocycles. The maximum absolute atomic E-state index is 14.5. The monoisotopic (exact) mass is 462 g/mol. The minimum absolute atomic E-state index is 0.0419. The first-order chi connectivity index (χ1) is 16.5. The molecule has 6 heteroatoms. The van der Waals surface area contributed by atoms with Crippen molar-refractivity contribution in [2.24, 2.45) is 0 Å². The molecule has 1 atom stereocenters. The number of carbonyl (C=O) groups excluding carboxylic acids is 2. The first-order valence-corrected chi connectivity index (χ1v) is 11.5. The SMILES string of the molecule is CCCNC(=O)[C@H](Cc1ccccc1)N(Cc1ccccc1F)C(=O)COc1ccc(C)cc1. The van der Waals surface area contributed by atoms with Gasteiger partial charge in [0.25, 0.3) is 5.91 Å². The van der Waals surface area contributed by atoms with E-state index in [0.717, 1.165) is 17.5 Å². The number of nitrogens with one attached hydrogen (secondary N) is 1. The Hall–Kier alpha value is -3.67. The van der Waals surface area contributed by atoms with E-state index in [2.05, 4.69) is 5.32 Å². The number of hydrogen-bond acceptors (Lipinski definition) is 3. The van der Waals surface area contributed by atoms with Crippen molar-refractivity contribution in [2.75, 3.05) is 13.2 Å². The second-order valence-corrected chi connectivity index (χ2v) is 8.21. The van der Waals surface area contributed by atoms with Gasteiger partial charge in [0, 0.05) is 25.1 Å². The Morgan fingerprint density at radius 3 is 2.32 bits per heavy atom. The Morgan fingerprint density at radius 2 is 1.65 bits per heavy atom. The fourth-order valence-corrected chi connectivity index (χ4v) is 3.59. The first-order valence-electron chi connectivity index (χ1n) is 11.5. The van der Waals surface area contributed by atoms with E-state index < -0.39 is 17.8 Å². The summed E-state index contributed by atoms with van der Waals surface area (Å²) >= 11 is 0. The third-order valence-corrected chi connectivity index (χ3v) is 5.50. The Labute approximate surface area is 200 Å². The van der Waals surface area contributed by atoms with Crippen LogP contribution in [0, 0.1) is 12.7 Å². The summed E-state index contributed by atoms with van der Waals surface area (Å²) < 4.78 is 20.2. The van der Waals surface area contributed by atoms with Gasteiger partial charge in [-0.05, 0) is 37.1 Å². The fraction of sp³-hybridized carbons (Fsp3) is 0.286. The molecule has 5 nitrogen and oxygen atoms in total. The maximum atomic E-state index is 14.5. The highest BCUT2D eigenvalue weighted by Crippen LogP contribution is 2.18. The third kappa shape index (κ3) is 7.17. The smallest absolute Gasteiger partial charge is 0.261 e. The molecule has 0 aliphatic rings. The van der Waals surface area contributed by atoms with E-state index in [-0.39, 0.29) is 19.1 Å². The zero-order chi connectivity index (χ0) is 24.3. The van der Waals surface area contributed by atoms with Crippen molar-refractivity contribution in [2.45, 2.75) is 39.3 Å². The molecule has 0 spiro atoms. The average Bonchev–Trinajstić information content (AvgIpc) is 2.85. The number of benzene rings is 3. The number of hydrogen-bond donors (Lipinski definition) is 1. The summed E-state index contributed by atoms with van der Waals surface area (Å²) in [5.41, 5.74) is 2.33. The molecule has 0 radical (unpaired) electrons. The van der Waals surface area contributed by atoms with Gasteiger partial charge in [-0.2, -0.15) is 0 Å². The van der Waals surface area contributed by atoms with Crippen LogP contribution in [0.15, 0.2) is 78.9 Å². The molecule has 0 heterocycles. The van der Waals surface area contributed by atoms with E-state index in [1.54, 1.807) is 30.3 Å². The number of rotatable bonds is 11. The highest BCUT2D eigenvalue weighted by Gasteiger charge is 2.31. The molecular formula is C28H31FN2O3. The zero-order valence-electron chi connectivity index (χ0n) is 19.7. The molecule has 3 aromatic rings. The Balaban J connectivity index is 1.89. The van der Waals surface area contributed by atoms with Crippen molar-refractivity contribution in [3.05, 3.63) is 101 Å². The molecule has 178 valence electrons. The van der Waals surface area contributed by atoms with Crippen LogP contribution in [0.3, 0.4) is 0 Å². The van der Waals surface area contributed by atoms with Gasteiger partial charge in [-0.1, -0.05) is 73.2 Å². The van der Waals surface area contributed by atoms with E-state index in [4.69, 9.17) is 4.74 Å². The molecule has 0 unspecified atom stereocenters. The normalized spacial score (nSPS) is 11.5. The number of aryl methyl sites for hydroxylation is 1. The number of carbonyl (C=O) groups is 2. The molecule has 0 bridgehead atoms. The predicted molar refractivity (Wildman–Crippen MR) is 131 cm³/mol. The van der Waals surface area contributed by atoms with E-state index in [0.29, 0.717) is 24.3 Å². The average molecular weight is 463 g/mol. The Kier molecular flexibility index (Phi) is 9.21. The van der Waals surface area contributed by atoms with Crippen LogP contribution in [-0.2, 0) is 22.6 Å². The van der Waals surface area contributed by atoms with Crippen LogP contribution in [0.5, 0.6) is 5.75 Å². The van der Waals surface area contributed by atoms with Crippen molar-refractivity contribution in [3.8, 4) is 5.75 Å². The summed E-state index contributed by atoms with van der Waals surface area (Å²) in [5.74, 6) is -0.533. The van der Waals surface area contributed by atoms with E-state index in [1.165, 1.54) is 11.0 Å². The van der Waals surface area contributed by atoms with Gasteiger partial charge in [-0.25, -0.2) is 4.39 Å². The molecule has 3 rings (SSSR count). The molecule has 0 saturated heterocycles. The van der Waals surface area contributed by atoms with Crippen LogP contribution in [-0.4, -0.2) is 35.9 Å². The van der Waals surface area contributed by atoms with Gasteiger partial charge in [-0.3, -0.25) is 9.59 Å². The molecule has 0 aliphatic carbocycles. The lowest BCUT2D eigenvalue weighted by molar-refractivity contribution is -0.142. The van der Waals surface area contributed by atoms with Crippen molar-refractivity contribution >= 4 is 11.8 Å². The topological polar surface area (TPSA) is 58.6 Å². The van der Waals surface area contributed by atoms with Crippen LogP contribution in [0.4, 0.5) is 4.39 Å². The molecule has 1 N–H and O–H groups in total. The van der Waals surface area contributed by atoms with Gasteiger partial charge in [0.05, 0.1) is 0 Å². The van der Waals surface area contributed by atoms with Crippen molar-refractivity contribution in [1.29, 1.82) is 0 Å². The molecule has 0 saturated carbocycles. The van der Waals surface area contributed by atoms with Crippen LogP contribution in [0.25, 0.3) is 0 Å². The lowest BCUT2D eigenvalue weighted by Crippen LogP contribution is -2.51. The molecule has 2 amide bonds.